The minimum atomic E-state index is -0.460. The molecule has 3 fully saturated rings. The highest BCUT2D eigenvalue weighted by Gasteiger charge is 2.39. The van der Waals surface area contributed by atoms with E-state index in [0.717, 1.165) is 55.3 Å². The van der Waals surface area contributed by atoms with Gasteiger partial charge in [-0.05, 0) is 36.8 Å². The molecule has 1 saturated heterocycles. The fraction of sp³-hybridized carbons (Fsp3) is 0.414. The molecule has 1 aliphatic heterocycles. The van der Waals surface area contributed by atoms with Crippen LogP contribution in [0, 0.1) is 5.92 Å². The van der Waals surface area contributed by atoms with Gasteiger partial charge in [-0.2, -0.15) is 5.10 Å². The van der Waals surface area contributed by atoms with Crippen LogP contribution in [-0.4, -0.2) is 27.6 Å². The van der Waals surface area contributed by atoms with Gasteiger partial charge in [0, 0.05) is 30.4 Å². The Balaban J connectivity index is 1.24. The number of anilines is 1. The summed E-state index contributed by atoms with van der Waals surface area (Å²) < 4.78 is 1.77. The summed E-state index contributed by atoms with van der Waals surface area (Å²) in [6.45, 7) is 0. The lowest BCUT2D eigenvalue weighted by Gasteiger charge is -2.40. The van der Waals surface area contributed by atoms with Gasteiger partial charge in [0.2, 0.25) is 11.8 Å². The van der Waals surface area contributed by atoms with Crippen LogP contribution in [0.1, 0.15) is 79.9 Å². The smallest absolute Gasteiger partial charge is 0.227 e. The van der Waals surface area contributed by atoms with E-state index in [0.29, 0.717) is 18.2 Å². The van der Waals surface area contributed by atoms with Crippen LogP contribution in [0.3, 0.4) is 0 Å². The number of hydrogen-bond donors (Lipinski definition) is 3. The first-order chi connectivity index (χ1) is 17.7. The predicted octanol–water partition coefficient (Wildman–Crippen LogP) is 4.66. The van der Waals surface area contributed by atoms with Crippen LogP contribution in [0.25, 0.3) is 0 Å². The molecule has 3 unspecified atom stereocenters. The molecule has 0 spiro atoms. The number of aromatic nitrogens is 2. The van der Waals surface area contributed by atoms with Gasteiger partial charge in [0.15, 0.2) is 6.29 Å². The predicted molar refractivity (Wildman–Crippen MR) is 138 cm³/mol. The lowest BCUT2D eigenvalue weighted by Crippen LogP contribution is -2.59. The van der Waals surface area contributed by atoms with E-state index in [-0.39, 0.29) is 29.7 Å². The average molecular weight is 484 g/mol. The molecular formula is C29H33N5O2. The van der Waals surface area contributed by atoms with E-state index in [2.05, 4.69) is 40.2 Å². The molecule has 2 saturated carbocycles. The van der Waals surface area contributed by atoms with Crippen LogP contribution >= 0.6 is 0 Å². The van der Waals surface area contributed by atoms with Gasteiger partial charge >= 0.3 is 0 Å². The van der Waals surface area contributed by atoms with E-state index in [1.54, 1.807) is 4.68 Å². The first kappa shape index (κ1) is 23.0. The van der Waals surface area contributed by atoms with E-state index in [4.69, 9.17) is 5.10 Å². The Kier molecular flexibility index (Phi) is 6.32. The molecule has 6 rings (SSSR count). The second kappa shape index (κ2) is 9.90. The standard InChI is InChI=1S/C29H33N5O2/c35-27(17-23(19-9-3-1-4-10-19)20-11-5-2-6-12-20)31-26-18-25(21-15-16-21)33-34(26)29-30-24-14-8-7-13-22(24)28(36)32-29/h1-6,9-12,18,21-24,29-30H,7-8,13-17H2,(H,31,35)(H,32,36). The number of carbonyl (C=O) groups excluding carboxylic acids is 2. The summed E-state index contributed by atoms with van der Waals surface area (Å²) in [4.78, 5) is 26.3. The van der Waals surface area contributed by atoms with Crippen molar-refractivity contribution in [3.8, 4) is 0 Å². The summed E-state index contributed by atoms with van der Waals surface area (Å²) in [7, 11) is 0. The van der Waals surface area contributed by atoms with Crippen LogP contribution < -0.4 is 16.0 Å². The molecule has 2 amide bonds. The Labute approximate surface area is 211 Å². The molecule has 7 heteroatoms. The Bertz CT molecular complexity index is 1180. The number of fused-ring (bicyclic) bond motifs is 1. The molecule has 0 bridgehead atoms. The van der Waals surface area contributed by atoms with E-state index in [1.807, 2.05) is 42.5 Å². The second-order valence-electron chi connectivity index (χ2n) is 10.4. The van der Waals surface area contributed by atoms with Gasteiger partial charge < -0.3 is 10.6 Å². The largest absolute Gasteiger partial charge is 0.322 e. The monoisotopic (exact) mass is 483 g/mol. The maximum absolute atomic E-state index is 13.4. The molecule has 1 aromatic heterocycles. The summed E-state index contributed by atoms with van der Waals surface area (Å²) in [6.07, 6.45) is 6.22. The number of amides is 2. The third-order valence-corrected chi connectivity index (χ3v) is 7.81. The number of benzene rings is 2. The normalized spacial score (nSPS) is 23.7. The molecular weight excluding hydrogens is 450 g/mol. The minimum absolute atomic E-state index is 0.0176. The number of hydrogen-bond acceptors (Lipinski definition) is 4. The van der Waals surface area contributed by atoms with Gasteiger partial charge in [0.25, 0.3) is 0 Å². The highest BCUT2D eigenvalue weighted by molar-refractivity contribution is 5.91. The summed E-state index contributed by atoms with van der Waals surface area (Å²) in [5.41, 5.74) is 3.20. The molecule has 0 radical (unpaired) electrons. The molecule has 186 valence electrons. The molecule has 36 heavy (non-hydrogen) atoms. The Morgan fingerprint density at radius 2 is 1.64 bits per heavy atom. The average Bonchev–Trinajstić information content (AvgIpc) is 3.68. The van der Waals surface area contributed by atoms with Crippen molar-refractivity contribution in [1.82, 2.24) is 20.4 Å². The van der Waals surface area contributed by atoms with Crippen LogP contribution in [0.5, 0.6) is 0 Å². The van der Waals surface area contributed by atoms with Gasteiger partial charge in [-0.3, -0.25) is 14.9 Å². The fourth-order valence-electron chi connectivity index (χ4n) is 5.72. The SMILES string of the molecule is O=C(CC(c1ccccc1)c1ccccc1)Nc1cc(C2CC2)nn1C1NC(=O)C2CCCCC2N1. The third kappa shape index (κ3) is 4.80. The first-order valence-electron chi connectivity index (χ1n) is 13.2. The lowest BCUT2D eigenvalue weighted by molar-refractivity contribution is -0.132. The van der Waals surface area contributed by atoms with Crippen molar-refractivity contribution >= 4 is 17.6 Å². The molecule has 7 nitrogen and oxygen atoms in total. The lowest BCUT2D eigenvalue weighted by atomic mass is 9.83. The maximum atomic E-state index is 13.4. The van der Waals surface area contributed by atoms with E-state index < -0.39 is 6.29 Å². The molecule has 3 aromatic rings. The quantitative estimate of drug-likeness (QED) is 0.456. The zero-order chi connectivity index (χ0) is 24.5. The summed E-state index contributed by atoms with van der Waals surface area (Å²) in [5, 5.41) is 14.7. The van der Waals surface area contributed by atoms with Crippen molar-refractivity contribution in [2.24, 2.45) is 5.92 Å². The van der Waals surface area contributed by atoms with E-state index in [9.17, 15) is 9.59 Å². The number of nitrogens with one attached hydrogen (secondary N) is 3. The highest BCUT2D eigenvalue weighted by atomic mass is 16.2. The van der Waals surface area contributed by atoms with Gasteiger partial charge in [-0.25, -0.2) is 4.68 Å². The van der Waals surface area contributed by atoms with Gasteiger partial charge in [-0.1, -0.05) is 73.5 Å². The molecule has 3 atom stereocenters. The van der Waals surface area contributed by atoms with E-state index >= 15 is 0 Å². The van der Waals surface area contributed by atoms with Crippen molar-refractivity contribution < 1.29 is 9.59 Å². The molecule has 2 aromatic carbocycles. The zero-order valence-corrected chi connectivity index (χ0v) is 20.4. The topological polar surface area (TPSA) is 88.1 Å². The maximum Gasteiger partial charge on any atom is 0.227 e. The van der Waals surface area contributed by atoms with Crippen molar-refractivity contribution in [3.63, 3.8) is 0 Å². The van der Waals surface area contributed by atoms with Crippen molar-refractivity contribution in [1.29, 1.82) is 0 Å². The highest BCUT2D eigenvalue weighted by Crippen LogP contribution is 2.41. The van der Waals surface area contributed by atoms with Gasteiger partial charge in [-0.15, -0.1) is 0 Å². The van der Waals surface area contributed by atoms with Gasteiger partial charge in [0.05, 0.1) is 11.6 Å². The number of carbonyl (C=O) groups is 2. The minimum Gasteiger partial charge on any atom is -0.322 e. The summed E-state index contributed by atoms with van der Waals surface area (Å²) >= 11 is 0. The van der Waals surface area contributed by atoms with Crippen molar-refractivity contribution in [2.75, 3.05) is 5.32 Å². The van der Waals surface area contributed by atoms with Crippen LogP contribution in [-0.2, 0) is 9.59 Å². The summed E-state index contributed by atoms with van der Waals surface area (Å²) in [6, 6.07) is 22.4. The van der Waals surface area contributed by atoms with Crippen molar-refractivity contribution in [2.45, 2.75) is 69.1 Å². The van der Waals surface area contributed by atoms with Crippen LogP contribution in [0.2, 0.25) is 0 Å². The fourth-order valence-corrected chi connectivity index (χ4v) is 5.72. The van der Waals surface area contributed by atoms with Crippen molar-refractivity contribution in [3.05, 3.63) is 83.6 Å². The molecule has 3 N–H and O–H groups in total. The Morgan fingerprint density at radius 3 is 2.31 bits per heavy atom. The zero-order valence-electron chi connectivity index (χ0n) is 20.4. The number of nitrogens with zero attached hydrogens (tertiary/aromatic N) is 2. The van der Waals surface area contributed by atoms with Gasteiger partial charge in [0.1, 0.15) is 5.82 Å². The molecule has 2 heterocycles. The first-order valence-corrected chi connectivity index (χ1v) is 13.2. The number of rotatable bonds is 7. The Hall–Kier alpha value is -3.45. The molecule has 3 aliphatic rings. The van der Waals surface area contributed by atoms with Crippen LogP contribution in [0.4, 0.5) is 5.82 Å². The third-order valence-electron chi connectivity index (χ3n) is 7.81. The Morgan fingerprint density at radius 1 is 0.972 bits per heavy atom. The second-order valence-corrected chi connectivity index (χ2v) is 10.4. The van der Waals surface area contributed by atoms with Crippen LogP contribution in [0.15, 0.2) is 66.7 Å². The summed E-state index contributed by atoms with van der Waals surface area (Å²) in [5.74, 6) is 1.04. The van der Waals surface area contributed by atoms with E-state index in [1.165, 1.54) is 0 Å². The molecule has 2 aliphatic carbocycles.